The molecule has 0 saturated heterocycles. The van der Waals surface area contributed by atoms with Gasteiger partial charge in [-0.1, -0.05) is 11.8 Å². The molecule has 0 bridgehead atoms. The summed E-state index contributed by atoms with van der Waals surface area (Å²) in [5.74, 6) is 2.60. The second-order valence-corrected chi connectivity index (χ2v) is 7.84. The van der Waals surface area contributed by atoms with Crippen molar-refractivity contribution in [3.63, 3.8) is 0 Å². The number of nitrogens with zero attached hydrogens (tertiary/aromatic N) is 1. The van der Waals surface area contributed by atoms with Gasteiger partial charge in [-0.15, -0.1) is 0 Å². The van der Waals surface area contributed by atoms with E-state index >= 15 is 0 Å². The number of benzene rings is 2. The lowest BCUT2D eigenvalue weighted by molar-refractivity contribution is -0.113. The van der Waals surface area contributed by atoms with Crippen molar-refractivity contribution in [3.8, 4) is 23.0 Å². The van der Waals surface area contributed by atoms with E-state index in [0.29, 0.717) is 41.9 Å². The number of rotatable bonds is 10. The van der Waals surface area contributed by atoms with Crippen molar-refractivity contribution in [1.82, 2.24) is 4.98 Å². The maximum absolute atomic E-state index is 12.7. The Balaban J connectivity index is 1.75. The quantitative estimate of drug-likeness (QED) is 0.426. The minimum absolute atomic E-state index is 0.154. The Hall–Kier alpha value is -3.13. The number of pyridine rings is 1. The summed E-state index contributed by atoms with van der Waals surface area (Å²) in [7, 11) is 3.20. The van der Waals surface area contributed by atoms with Crippen molar-refractivity contribution in [1.29, 1.82) is 0 Å². The summed E-state index contributed by atoms with van der Waals surface area (Å²) < 4.78 is 21.9. The van der Waals surface area contributed by atoms with E-state index in [2.05, 4.69) is 5.32 Å². The monoisotopic (exact) mass is 456 g/mol. The molecule has 0 spiro atoms. The van der Waals surface area contributed by atoms with Crippen LogP contribution in [0.15, 0.2) is 41.4 Å². The zero-order chi connectivity index (χ0) is 23.1. The third-order valence-electron chi connectivity index (χ3n) is 4.64. The van der Waals surface area contributed by atoms with Crippen LogP contribution in [0.4, 0.5) is 5.69 Å². The van der Waals surface area contributed by atoms with Crippen molar-refractivity contribution in [2.24, 2.45) is 0 Å². The highest BCUT2D eigenvalue weighted by Crippen LogP contribution is 2.34. The highest BCUT2D eigenvalue weighted by Gasteiger charge is 2.14. The van der Waals surface area contributed by atoms with Crippen LogP contribution in [0, 0.1) is 6.92 Å². The van der Waals surface area contributed by atoms with Crippen LogP contribution in [0.3, 0.4) is 0 Å². The minimum Gasteiger partial charge on any atom is -0.494 e. The second kappa shape index (κ2) is 10.9. The fourth-order valence-electron chi connectivity index (χ4n) is 3.20. The molecule has 0 atom stereocenters. The molecule has 0 unspecified atom stereocenters. The lowest BCUT2D eigenvalue weighted by Crippen LogP contribution is -2.15. The van der Waals surface area contributed by atoms with Gasteiger partial charge < -0.3 is 24.3 Å². The molecule has 1 aromatic heterocycles. The first-order valence-corrected chi connectivity index (χ1v) is 11.3. The fourth-order valence-corrected chi connectivity index (χ4v) is 3.99. The van der Waals surface area contributed by atoms with E-state index in [4.69, 9.17) is 23.9 Å². The standard InChI is InChI=1S/C24H28N2O5S/c1-6-30-17-8-9-20(31-7-2)19(12-17)25-23(27)14-32-24-15(3)10-16-11-21(28-4)22(29-5)13-18(16)26-24/h8-13H,6-7,14H2,1-5H3,(H,25,27). The average Bonchev–Trinajstić information content (AvgIpc) is 2.78. The lowest BCUT2D eigenvalue weighted by Gasteiger charge is -2.14. The third-order valence-corrected chi connectivity index (χ3v) is 5.73. The molecule has 0 fully saturated rings. The first kappa shape index (κ1) is 23.5. The summed E-state index contributed by atoms with van der Waals surface area (Å²) in [4.78, 5) is 17.4. The number of aryl methyl sites for hydroxylation is 1. The molecular weight excluding hydrogens is 428 g/mol. The van der Waals surface area contributed by atoms with Crippen LogP contribution in [0.25, 0.3) is 10.9 Å². The number of ether oxygens (including phenoxy) is 4. The van der Waals surface area contributed by atoms with Crippen molar-refractivity contribution in [2.45, 2.75) is 25.8 Å². The first-order valence-electron chi connectivity index (χ1n) is 10.3. The molecule has 7 nitrogen and oxygen atoms in total. The summed E-state index contributed by atoms with van der Waals surface area (Å²) in [6.07, 6.45) is 0. The number of carbonyl (C=O) groups is 1. The fraction of sp³-hybridized carbons (Fsp3) is 0.333. The molecule has 3 rings (SSSR count). The SMILES string of the molecule is CCOc1ccc(OCC)c(NC(=O)CSc2nc3cc(OC)c(OC)cc3cc2C)c1. The largest absolute Gasteiger partial charge is 0.494 e. The molecule has 0 aliphatic rings. The molecule has 2 aromatic carbocycles. The van der Waals surface area contributed by atoms with Crippen molar-refractivity contribution in [3.05, 3.63) is 42.0 Å². The molecule has 170 valence electrons. The Morgan fingerprint density at radius 3 is 2.38 bits per heavy atom. The van der Waals surface area contributed by atoms with Gasteiger partial charge in [0.1, 0.15) is 16.5 Å². The van der Waals surface area contributed by atoms with Crippen molar-refractivity contribution >= 4 is 34.3 Å². The molecule has 1 N–H and O–H groups in total. The molecule has 0 radical (unpaired) electrons. The number of nitrogens with one attached hydrogen (secondary N) is 1. The summed E-state index contributed by atoms with van der Waals surface area (Å²) in [5.41, 5.74) is 2.35. The molecule has 3 aromatic rings. The number of carbonyl (C=O) groups excluding carboxylic acids is 1. The number of hydrogen-bond donors (Lipinski definition) is 1. The number of hydrogen-bond acceptors (Lipinski definition) is 7. The summed E-state index contributed by atoms with van der Waals surface area (Å²) >= 11 is 1.38. The maximum atomic E-state index is 12.7. The van der Waals surface area contributed by atoms with Crippen molar-refractivity contribution < 1.29 is 23.7 Å². The third kappa shape index (κ3) is 5.56. The number of amides is 1. The van der Waals surface area contributed by atoms with Gasteiger partial charge >= 0.3 is 0 Å². The van der Waals surface area contributed by atoms with Crippen LogP contribution in [0.5, 0.6) is 23.0 Å². The molecule has 1 amide bonds. The topological polar surface area (TPSA) is 78.9 Å². The zero-order valence-electron chi connectivity index (χ0n) is 19.0. The van der Waals surface area contributed by atoms with E-state index in [1.807, 2.05) is 45.0 Å². The van der Waals surface area contributed by atoms with E-state index < -0.39 is 0 Å². The van der Waals surface area contributed by atoms with E-state index in [1.165, 1.54) is 11.8 Å². The second-order valence-electron chi connectivity index (χ2n) is 6.87. The Bertz CT molecular complexity index is 1100. The van der Waals surface area contributed by atoms with Crippen molar-refractivity contribution in [2.75, 3.05) is 38.5 Å². The van der Waals surface area contributed by atoms with E-state index in [-0.39, 0.29) is 11.7 Å². The highest BCUT2D eigenvalue weighted by molar-refractivity contribution is 8.00. The summed E-state index contributed by atoms with van der Waals surface area (Å²) in [6, 6.07) is 11.2. The highest BCUT2D eigenvalue weighted by atomic mass is 32.2. The first-order chi connectivity index (χ1) is 15.5. The van der Waals surface area contributed by atoms with Gasteiger partial charge in [-0.25, -0.2) is 4.98 Å². The molecule has 8 heteroatoms. The molecule has 32 heavy (non-hydrogen) atoms. The smallest absolute Gasteiger partial charge is 0.234 e. The van der Waals surface area contributed by atoms with Gasteiger partial charge in [0.25, 0.3) is 0 Å². The van der Waals surface area contributed by atoms with Gasteiger partial charge in [0.05, 0.1) is 44.4 Å². The van der Waals surface area contributed by atoms with Gasteiger partial charge in [0.15, 0.2) is 11.5 Å². The molecule has 0 aliphatic carbocycles. The number of methoxy groups -OCH3 is 2. The van der Waals surface area contributed by atoms with Crippen LogP contribution in [-0.4, -0.2) is 44.1 Å². The van der Waals surface area contributed by atoms with E-state index in [0.717, 1.165) is 21.5 Å². The Kier molecular flexibility index (Phi) is 8.05. The Labute approximate surface area is 192 Å². The summed E-state index contributed by atoms with van der Waals surface area (Å²) in [6.45, 7) is 6.83. The number of anilines is 1. The predicted molar refractivity (Wildman–Crippen MR) is 128 cm³/mol. The Morgan fingerprint density at radius 1 is 0.969 bits per heavy atom. The van der Waals surface area contributed by atoms with Crippen LogP contribution < -0.4 is 24.3 Å². The molecular formula is C24H28N2O5S. The zero-order valence-corrected chi connectivity index (χ0v) is 19.8. The van der Waals surface area contributed by atoms with Crippen LogP contribution >= 0.6 is 11.8 Å². The lowest BCUT2D eigenvalue weighted by atomic mass is 10.1. The van der Waals surface area contributed by atoms with Gasteiger partial charge in [-0.3, -0.25) is 4.79 Å². The van der Waals surface area contributed by atoms with Gasteiger partial charge in [0, 0.05) is 17.5 Å². The number of aromatic nitrogens is 1. The van der Waals surface area contributed by atoms with E-state index in [1.54, 1.807) is 26.4 Å². The maximum Gasteiger partial charge on any atom is 0.234 e. The average molecular weight is 457 g/mol. The van der Waals surface area contributed by atoms with Crippen LogP contribution in [0.1, 0.15) is 19.4 Å². The van der Waals surface area contributed by atoms with E-state index in [9.17, 15) is 4.79 Å². The molecule has 0 aliphatic heterocycles. The molecule has 0 saturated carbocycles. The van der Waals surface area contributed by atoms with Crippen LogP contribution in [0.2, 0.25) is 0 Å². The summed E-state index contributed by atoms with van der Waals surface area (Å²) in [5, 5.41) is 4.66. The molecule has 1 heterocycles. The predicted octanol–water partition coefficient (Wildman–Crippen LogP) is 5.09. The Morgan fingerprint density at radius 2 is 1.69 bits per heavy atom. The van der Waals surface area contributed by atoms with Gasteiger partial charge in [-0.2, -0.15) is 0 Å². The van der Waals surface area contributed by atoms with Crippen LogP contribution in [-0.2, 0) is 4.79 Å². The minimum atomic E-state index is -0.154. The number of fused-ring (bicyclic) bond motifs is 1. The van der Waals surface area contributed by atoms with Gasteiger partial charge in [0.2, 0.25) is 5.91 Å². The van der Waals surface area contributed by atoms with Gasteiger partial charge in [-0.05, 0) is 50.6 Å². The normalized spacial score (nSPS) is 10.7. The number of thioether (sulfide) groups is 1.